The fourth-order valence-electron chi connectivity index (χ4n) is 4.08. The molecule has 0 bridgehead atoms. The van der Waals surface area contributed by atoms with Crippen molar-refractivity contribution in [3.8, 4) is 0 Å². The van der Waals surface area contributed by atoms with Crippen molar-refractivity contribution in [2.24, 2.45) is 0 Å². The summed E-state index contributed by atoms with van der Waals surface area (Å²) < 4.78 is 12.7. The van der Waals surface area contributed by atoms with Crippen molar-refractivity contribution < 1.29 is 14.3 Å². The Labute approximate surface area is 156 Å². The maximum atomic E-state index is 14.0. The third-order valence-electron chi connectivity index (χ3n) is 5.46. The van der Waals surface area contributed by atoms with Gasteiger partial charge in [-0.05, 0) is 37.8 Å². The molecule has 1 aliphatic heterocycles. The Kier molecular flexibility index (Phi) is 5.31. The van der Waals surface area contributed by atoms with Crippen LogP contribution in [0.25, 0.3) is 0 Å². The first kappa shape index (κ1) is 18.8. The van der Waals surface area contributed by atoms with Gasteiger partial charge in [-0.1, -0.05) is 74.5 Å². The first-order valence-corrected chi connectivity index (χ1v) is 9.50. The number of ether oxygens (including phenoxy) is 2. The molecule has 1 fully saturated rings. The lowest BCUT2D eigenvalue weighted by atomic mass is 9.69. The van der Waals surface area contributed by atoms with Gasteiger partial charge >= 0.3 is 0 Å². The van der Waals surface area contributed by atoms with E-state index >= 15 is 0 Å². The fourth-order valence-corrected chi connectivity index (χ4v) is 4.08. The number of carbonyl (C=O) groups is 1. The van der Waals surface area contributed by atoms with E-state index in [9.17, 15) is 4.79 Å². The monoisotopic (exact) mass is 352 g/mol. The Hall–Kier alpha value is -1.97. The van der Waals surface area contributed by atoms with Crippen molar-refractivity contribution in [1.29, 1.82) is 0 Å². The molecule has 1 heterocycles. The molecule has 0 amide bonds. The first-order chi connectivity index (χ1) is 12.5. The van der Waals surface area contributed by atoms with Crippen LogP contribution in [-0.4, -0.2) is 18.2 Å². The third kappa shape index (κ3) is 2.80. The molecule has 26 heavy (non-hydrogen) atoms. The van der Waals surface area contributed by atoms with Gasteiger partial charge in [-0.15, -0.1) is 0 Å². The summed E-state index contributed by atoms with van der Waals surface area (Å²) in [5, 5.41) is 0. The van der Waals surface area contributed by atoms with Crippen molar-refractivity contribution in [3.63, 3.8) is 0 Å². The zero-order valence-electron chi connectivity index (χ0n) is 16.1. The van der Waals surface area contributed by atoms with Crippen molar-refractivity contribution in [1.82, 2.24) is 0 Å². The molecular weight excluding hydrogens is 324 g/mol. The van der Waals surface area contributed by atoms with Crippen LogP contribution in [0.5, 0.6) is 0 Å². The van der Waals surface area contributed by atoms with E-state index in [2.05, 4.69) is 0 Å². The molecule has 3 nitrogen and oxygen atoms in total. The SMILES string of the molecule is CC[C@@]1(c2ccccc2)O[C@@H](OC(C)C)[C@@](CC)(c2ccccc2)C1=O. The van der Waals surface area contributed by atoms with E-state index in [4.69, 9.17) is 9.47 Å². The minimum Gasteiger partial charge on any atom is -0.348 e. The van der Waals surface area contributed by atoms with Gasteiger partial charge in [-0.25, -0.2) is 0 Å². The molecule has 3 rings (SSSR count). The van der Waals surface area contributed by atoms with Crippen LogP contribution < -0.4 is 0 Å². The van der Waals surface area contributed by atoms with Gasteiger partial charge in [0, 0.05) is 0 Å². The molecule has 0 spiro atoms. The van der Waals surface area contributed by atoms with E-state index in [1.54, 1.807) is 0 Å². The normalized spacial score (nSPS) is 28.7. The van der Waals surface area contributed by atoms with Gasteiger partial charge in [-0.3, -0.25) is 4.79 Å². The van der Waals surface area contributed by atoms with Crippen LogP contribution in [0.15, 0.2) is 60.7 Å². The number of benzene rings is 2. The van der Waals surface area contributed by atoms with Gasteiger partial charge in [0.05, 0.1) is 6.10 Å². The van der Waals surface area contributed by atoms with Gasteiger partial charge in [0.15, 0.2) is 17.7 Å². The summed E-state index contributed by atoms with van der Waals surface area (Å²) in [7, 11) is 0. The molecule has 2 aromatic carbocycles. The summed E-state index contributed by atoms with van der Waals surface area (Å²) >= 11 is 0. The van der Waals surface area contributed by atoms with Gasteiger partial charge in [0.1, 0.15) is 5.41 Å². The van der Waals surface area contributed by atoms with Gasteiger partial charge in [-0.2, -0.15) is 0 Å². The highest BCUT2D eigenvalue weighted by molar-refractivity contribution is 6.00. The molecule has 0 radical (unpaired) electrons. The summed E-state index contributed by atoms with van der Waals surface area (Å²) in [6.45, 7) is 8.01. The van der Waals surface area contributed by atoms with E-state index < -0.39 is 17.3 Å². The standard InChI is InChI=1S/C23H28O3/c1-5-22(18-13-9-7-10-14-18)20(24)23(6-2,19-15-11-8-12-16-19)26-21(22)25-17(3)4/h7-17,21H,5-6H2,1-4H3/t21-,22+,23+/m1/s1. The molecule has 0 aliphatic carbocycles. The molecule has 0 unspecified atom stereocenters. The second kappa shape index (κ2) is 7.34. The van der Waals surface area contributed by atoms with Crippen molar-refractivity contribution in [2.45, 2.75) is 63.9 Å². The van der Waals surface area contributed by atoms with Crippen molar-refractivity contribution in [2.75, 3.05) is 0 Å². The Morgan fingerprint density at radius 2 is 1.46 bits per heavy atom. The molecule has 0 aromatic heterocycles. The maximum Gasteiger partial charge on any atom is 0.184 e. The molecule has 0 N–H and O–H groups in total. The van der Waals surface area contributed by atoms with E-state index in [0.29, 0.717) is 12.8 Å². The quantitative estimate of drug-likeness (QED) is 0.735. The summed E-state index contributed by atoms with van der Waals surface area (Å²) in [5.41, 5.74) is 0.0739. The van der Waals surface area contributed by atoms with Crippen LogP contribution in [0.1, 0.15) is 51.7 Å². The minimum absolute atomic E-state index is 0.0362. The zero-order valence-corrected chi connectivity index (χ0v) is 16.1. The number of rotatable bonds is 6. The highest BCUT2D eigenvalue weighted by Crippen LogP contribution is 2.52. The van der Waals surface area contributed by atoms with Crippen molar-refractivity contribution >= 4 is 5.78 Å². The maximum absolute atomic E-state index is 14.0. The average Bonchev–Trinajstić information content (AvgIpc) is 2.92. The lowest BCUT2D eigenvalue weighted by Crippen LogP contribution is -2.45. The van der Waals surface area contributed by atoms with Crippen LogP contribution in [-0.2, 0) is 25.3 Å². The average molecular weight is 352 g/mol. The van der Waals surface area contributed by atoms with E-state index in [1.807, 2.05) is 88.4 Å². The summed E-state index contributed by atoms with van der Waals surface area (Å²) in [6.07, 6.45) is 0.554. The van der Waals surface area contributed by atoms with Gasteiger partial charge in [0.25, 0.3) is 0 Å². The van der Waals surface area contributed by atoms with Gasteiger partial charge in [0.2, 0.25) is 0 Å². The molecule has 138 valence electrons. The first-order valence-electron chi connectivity index (χ1n) is 9.50. The smallest absolute Gasteiger partial charge is 0.184 e. The second-order valence-electron chi connectivity index (χ2n) is 7.20. The van der Waals surface area contributed by atoms with E-state index in [1.165, 1.54) is 0 Å². The molecule has 1 saturated heterocycles. The summed E-state index contributed by atoms with van der Waals surface area (Å²) in [4.78, 5) is 14.0. The predicted octanol–water partition coefficient (Wildman–Crippen LogP) is 4.99. The molecule has 1 aliphatic rings. The van der Waals surface area contributed by atoms with Crippen LogP contribution >= 0.6 is 0 Å². The zero-order chi connectivity index (χ0) is 18.8. The third-order valence-corrected chi connectivity index (χ3v) is 5.46. The molecule has 3 atom stereocenters. The molecular formula is C23H28O3. The fraction of sp³-hybridized carbons (Fsp3) is 0.435. The highest BCUT2D eigenvalue weighted by atomic mass is 16.7. The Bertz CT molecular complexity index is 741. The number of Topliss-reactive ketones (excluding diaryl/α,β-unsaturated/α-hetero) is 1. The van der Waals surface area contributed by atoms with Crippen LogP contribution in [0.3, 0.4) is 0 Å². The van der Waals surface area contributed by atoms with Crippen LogP contribution in [0.2, 0.25) is 0 Å². The largest absolute Gasteiger partial charge is 0.348 e. The van der Waals surface area contributed by atoms with E-state index in [0.717, 1.165) is 11.1 Å². The lowest BCUT2D eigenvalue weighted by Gasteiger charge is -2.32. The number of ketones is 1. The number of hydrogen-bond acceptors (Lipinski definition) is 3. The van der Waals surface area contributed by atoms with Crippen molar-refractivity contribution in [3.05, 3.63) is 71.8 Å². The van der Waals surface area contributed by atoms with Gasteiger partial charge < -0.3 is 9.47 Å². The Balaban J connectivity index is 2.20. The summed E-state index contributed by atoms with van der Waals surface area (Å²) in [6, 6.07) is 19.8. The molecule has 2 aromatic rings. The predicted molar refractivity (Wildman–Crippen MR) is 103 cm³/mol. The second-order valence-corrected chi connectivity index (χ2v) is 7.20. The lowest BCUT2D eigenvalue weighted by molar-refractivity contribution is -0.205. The Morgan fingerprint density at radius 3 is 1.92 bits per heavy atom. The molecule has 3 heteroatoms. The van der Waals surface area contributed by atoms with Crippen LogP contribution in [0.4, 0.5) is 0 Å². The van der Waals surface area contributed by atoms with Crippen LogP contribution in [0, 0.1) is 0 Å². The highest BCUT2D eigenvalue weighted by Gasteiger charge is 2.64. The number of hydrogen-bond donors (Lipinski definition) is 0. The van der Waals surface area contributed by atoms with E-state index in [-0.39, 0.29) is 11.9 Å². The Morgan fingerprint density at radius 1 is 0.923 bits per heavy atom. The summed E-state index contributed by atoms with van der Waals surface area (Å²) in [5.74, 6) is 0.0954. The molecule has 0 saturated carbocycles. The topological polar surface area (TPSA) is 35.5 Å². The number of carbonyl (C=O) groups excluding carboxylic acids is 1. The minimum atomic E-state index is -0.979.